The van der Waals surface area contributed by atoms with Gasteiger partial charge in [0.2, 0.25) is 0 Å². The molecule has 0 saturated carbocycles. The molecule has 3 nitrogen and oxygen atoms in total. The monoisotopic (exact) mass is 342 g/mol. The van der Waals surface area contributed by atoms with Gasteiger partial charge < -0.3 is 5.32 Å². The van der Waals surface area contributed by atoms with Crippen molar-refractivity contribution in [1.29, 1.82) is 0 Å². The molecule has 0 radical (unpaired) electrons. The molecule has 2 aromatic carbocycles. The van der Waals surface area contributed by atoms with Gasteiger partial charge in [0.1, 0.15) is 0 Å². The maximum atomic E-state index is 12.3. The van der Waals surface area contributed by atoms with E-state index in [0.29, 0.717) is 17.1 Å². The number of rotatable bonds is 5. The van der Waals surface area contributed by atoms with Crippen LogP contribution in [0.3, 0.4) is 0 Å². The fourth-order valence-electron chi connectivity index (χ4n) is 3.12. The molecule has 0 unspecified atom stereocenters. The van der Waals surface area contributed by atoms with Crippen molar-refractivity contribution in [2.45, 2.75) is 32.4 Å². The number of carbonyl (C=O) groups is 1. The van der Waals surface area contributed by atoms with Crippen molar-refractivity contribution in [3.05, 3.63) is 70.2 Å². The maximum Gasteiger partial charge on any atom is 0.251 e. The van der Waals surface area contributed by atoms with Gasteiger partial charge in [0, 0.05) is 23.7 Å². The van der Waals surface area contributed by atoms with E-state index in [0.717, 1.165) is 6.54 Å². The molecule has 1 amide bonds. The van der Waals surface area contributed by atoms with Crippen molar-refractivity contribution in [3.63, 3.8) is 0 Å². The maximum absolute atomic E-state index is 12.3. The van der Waals surface area contributed by atoms with Crippen LogP contribution in [0.2, 0.25) is 5.02 Å². The smallest absolute Gasteiger partial charge is 0.251 e. The standard InChI is InChI=1S/C20H23ClN2O/c21-19-10-8-16(9-11-19)20(24)22-14-17-6-2-3-7-18(17)15-23-12-4-1-5-13-23/h2-3,6-11H,1,4-5,12-15H2,(H,22,24). The van der Waals surface area contributed by atoms with Crippen LogP contribution in [0, 0.1) is 0 Å². The molecule has 0 aromatic heterocycles. The van der Waals surface area contributed by atoms with Crippen LogP contribution in [0.4, 0.5) is 0 Å². The third-order valence-electron chi connectivity index (χ3n) is 4.51. The summed E-state index contributed by atoms with van der Waals surface area (Å²) < 4.78 is 0. The molecule has 1 aliphatic heterocycles. The summed E-state index contributed by atoms with van der Waals surface area (Å²) in [5.74, 6) is -0.0700. The number of piperidine rings is 1. The van der Waals surface area contributed by atoms with Crippen molar-refractivity contribution >= 4 is 17.5 Å². The summed E-state index contributed by atoms with van der Waals surface area (Å²) >= 11 is 5.87. The fourth-order valence-corrected chi connectivity index (χ4v) is 3.25. The van der Waals surface area contributed by atoms with Gasteiger partial charge in [-0.25, -0.2) is 0 Å². The molecule has 1 fully saturated rings. The van der Waals surface area contributed by atoms with E-state index < -0.39 is 0 Å². The lowest BCUT2D eigenvalue weighted by molar-refractivity contribution is 0.0950. The first-order valence-electron chi connectivity index (χ1n) is 8.55. The van der Waals surface area contributed by atoms with E-state index >= 15 is 0 Å². The van der Waals surface area contributed by atoms with Gasteiger partial charge in [0.25, 0.3) is 5.91 Å². The normalized spacial score (nSPS) is 15.2. The molecular weight excluding hydrogens is 320 g/mol. The number of hydrogen-bond donors (Lipinski definition) is 1. The highest BCUT2D eigenvalue weighted by atomic mass is 35.5. The Morgan fingerprint density at radius 1 is 0.958 bits per heavy atom. The zero-order valence-corrected chi connectivity index (χ0v) is 14.6. The Bertz CT molecular complexity index is 678. The van der Waals surface area contributed by atoms with Crippen molar-refractivity contribution in [2.75, 3.05) is 13.1 Å². The highest BCUT2D eigenvalue weighted by molar-refractivity contribution is 6.30. The largest absolute Gasteiger partial charge is 0.348 e. The summed E-state index contributed by atoms with van der Waals surface area (Å²) in [6.45, 7) is 3.86. The molecule has 1 saturated heterocycles. The summed E-state index contributed by atoms with van der Waals surface area (Å²) in [7, 11) is 0. The van der Waals surface area contributed by atoms with Crippen LogP contribution in [0.15, 0.2) is 48.5 Å². The van der Waals surface area contributed by atoms with Gasteiger partial charge in [-0.3, -0.25) is 9.69 Å². The van der Waals surface area contributed by atoms with Crippen molar-refractivity contribution < 1.29 is 4.79 Å². The Labute approximate surface area is 148 Å². The minimum Gasteiger partial charge on any atom is -0.348 e. The molecule has 126 valence electrons. The van der Waals surface area contributed by atoms with Gasteiger partial charge in [-0.2, -0.15) is 0 Å². The summed E-state index contributed by atoms with van der Waals surface area (Å²) in [5, 5.41) is 3.65. The van der Waals surface area contributed by atoms with E-state index in [2.05, 4.69) is 28.4 Å². The minimum absolute atomic E-state index is 0.0700. The van der Waals surface area contributed by atoms with Gasteiger partial charge in [0.15, 0.2) is 0 Å². The SMILES string of the molecule is O=C(NCc1ccccc1CN1CCCCC1)c1ccc(Cl)cc1. The molecule has 1 aliphatic rings. The third-order valence-corrected chi connectivity index (χ3v) is 4.76. The number of benzene rings is 2. The van der Waals surface area contributed by atoms with Gasteiger partial charge in [-0.05, 0) is 61.3 Å². The Morgan fingerprint density at radius 3 is 2.33 bits per heavy atom. The number of halogens is 1. The summed E-state index contributed by atoms with van der Waals surface area (Å²) in [6.07, 6.45) is 3.92. The molecular formula is C20H23ClN2O. The Kier molecular flexibility index (Phi) is 5.89. The van der Waals surface area contributed by atoms with Crippen LogP contribution >= 0.6 is 11.6 Å². The predicted octanol–water partition coefficient (Wildman–Crippen LogP) is 4.26. The number of amides is 1. The predicted molar refractivity (Wildman–Crippen MR) is 98.2 cm³/mol. The average molecular weight is 343 g/mol. The van der Waals surface area contributed by atoms with E-state index in [1.54, 1.807) is 24.3 Å². The number of hydrogen-bond acceptors (Lipinski definition) is 2. The van der Waals surface area contributed by atoms with Crippen LogP contribution in [0.25, 0.3) is 0 Å². The summed E-state index contributed by atoms with van der Waals surface area (Å²) in [5.41, 5.74) is 3.12. The zero-order valence-electron chi connectivity index (χ0n) is 13.8. The second-order valence-electron chi connectivity index (χ2n) is 6.30. The van der Waals surface area contributed by atoms with Crippen LogP contribution in [0.1, 0.15) is 40.7 Å². The molecule has 1 heterocycles. The van der Waals surface area contributed by atoms with Crippen LogP contribution in [0.5, 0.6) is 0 Å². The van der Waals surface area contributed by atoms with Crippen LogP contribution in [-0.4, -0.2) is 23.9 Å². The lowest BCUT2D eigenvalue weighted by Gasteiger charge is -2.27. The molecule has 3 rings (SSSR count). The first-order chi connectivity index (χ1) is 11.7. The molecule has 0 atom stereocenters. The number of carbonyl (C=O) groups excluding carboxylic acids is 1. The van der Waals surface area contributed by atoms with Crippen molar-refractivity contribution in [3.8, 4) is 0 Å². The lowest BCUT2D eigenvalue weighted by atomic mass is 10.0. The molecule has 0 spiro atoms. The summed E-state index contributed by atoms with van der Waals surface area (Å²) in [4.78, 5) is 14.8. The van der Waals surface area contributed by atoms with Gasteiger partial charge in [-0.15, -0.1) is 0 Å². The number of likely N-dealkylation sites (tertiary alicyclic amines) is 1. The van der Waals surface area contributed by atoms with E-state index in [1.807, 2.05) is 6.07 Å². The molecule has 2 aromatic rings. The molecule has 0 bridgehead atoms. The number of nitrogens with zero attached hydrogens (tertiary/aromatic N) is 1. The molecule has 4 heteroatoms. The second-order valence-corrected chi connectivity index (χ2v) is 6.73. The second kappa shape index (κ2) is 8.32. The first-order valence-corrected chi connectivity index (χ1v) is 8.93. The Balaban J connectivity index is 1.62. The fraction of sp³-hybridized carbons (Fsp3) is 0.350. The van der Waals surface area contributed by atoms with Crippen LogP contribution in [-0.2, 0) is 13.1 Å². The molecule has 0 aliphatic carbocycles. The summed E-state index contributed by atoms with van der Waals surface area (Å²) in [6, 6.07) is 15.3. The molecule has 1 N–H and O–H groups in total. The van der Waals surface area contributed by atoms with E-state index in [-0.39, 0.29) is 5.91 Å². The van der Waals surface area contributed by atoms with Crippen LogP contribution < -0.4 is 5.32 Å². The van der Waals surface area contributed by atoms with Gasteiger partial charge in [0.05, 0.1) is 0 Å². The van der Waals surface area contributed by atoms with E-state index in [9.17, 15) is 4.79 Å². The van der Waals surface area contributed by atoms with E-state index in [4.69, 9.17) is 11.6 Å². The minimum atomic E-state index is -0.0700. The van der Waals surface area contributed by atoms with Gasteiger partial charge in [-0.1, -0.05) is 42.3 Å². The van der Waals surface area contributed by atoms with Crippen molar-refractivity contribution in [2.24, 2.45) is 0 Å². The van der Waals surface area contributed by atoms with E-state index in [1.165, 1.54) is 43.5 Å². The first kappa shape index (κ1) is 17.0. The molecule has 24 heavy (non-hydrogen) atoms. The van der Waals surface area contributed by atoms with Gasteiger partial charge >= 0.3 is 0 Å². The Hall–Kier alpha value is -1.84. The lowest BCUT2D eigenvalue weighted by Crippen LogP contribution is -2.30. The highest BCUT2D eigenvalue weighted by Gasteiger charge is 2.13. The topological polar surface area (TPSA) is 32.3 Å². The average Bonchev–Trinajstić information content (AvgIpc) is 2.62. The third kappa shape index (κ3) is 4.59. The zero-order chi connectivity index (χ0) is 16.8. The Morgan fingerprint density at radius 2 is 1.62 bits per heavy atom. The number of nitrogens with one attached hydrogen (secondary N) is 1. The highest BCUT2D eigenvalue weighted by Crippen LogP contribution is 2.16. The van der Waals surface area contributed by atoms with Crippen molar-refractivity contribution in [1.82, 2.24) is 10.2 Å². The quantitative estimate of drug-likeness (QED) is 0.880.